The Kier molecular flexibility index (Phi) is 14.3. The zero-order valence-corrected chi connectivity index (χ0v) is 23.0. The van der Waals surface area contributed by atoms with Crippen LogP contribution in [-0.4, -0.2) is 63.0 Å². The minimum Gasteiger partial charge on any atom is -0.381 e. The van der Waals surface area contributed by atoms with E-state index in [1.165, 1.54) is 36.9 Å². The first-order chi connectivity index (χ1) is 15.8. The van der Waals surface area contributed by atoms with Crippen LogP contribution in [0.3, 0.4) is 0 Å². The number of hydrogen-bond donors (Lipinski definition) is 2. The number of aliphatic imine (C=N–C) groups is 1. The van der Waals surface area contributed by atoms with E-state index >= 15 is 0 Å². The minimum absolute atomic E-state index is 0. The van der Waals surface area contributed by atoms with Crippen molar-refractivity contribution in [3.05, 3.63) is 35.4 Å². The van der Waals surface area contributed by atoms with Gasteiger partial charge in [0, 0.05) is 52.1 Å². The number of likely N-dealkylation sites (tertiary alicyclic amines) is 1. The highest BCUT2D eigenvalue weighted by Gasteiger charge is 2.19. The zero-order valence-electron chi connectivity index (χ0n) is 20.7. The number of nitrogens with zero attached hydrogens (tertiary/aromatic N) is 2. The second-order valence-electron chi connectivity index (χ2n) is 9.19. The van der Waals surface area contributed by atoms with Crippen molar-refractivity contribution in [1.29, 1.82) is 0 Å². The molecule has 2 aliphatic heterocycles. The largest absolute Gasteiger partial charge is 0.381 e. The summed E-state index contributed by atoms with van der Waals surface area (Å²) in [5, 5.41) is 6.84. The van der Waals surface area contributed by atoms with Gasteiger partial charge in [-0.1, -0.05) is 30.7 Å². The van der Waals surface area contributed by atoms with Crippen molar-refractivity contribution in [3.8, 4) is 0 Å². The Balaban J connectivity index is 0.00000385. The average Bonchev–Trinajstić information content (AvgIpc) is 2.82. The van der Waals surface area contributed by atoms with Gasteiger partial charge in [0.25, 0.3) is 0 Å². The molecule has 0 aliphatic carbocycles. The maximum absolute atomic E-state index is 5.88. The Morgan fingerprint density at radius 2 is 1.91 bits per heavy atom. The number of rotatable bonds is 11. The van der Waals surface area contributed by atoms with Gasteiger partial charge in [0.05, 0.1) is 6.54 Å². The van der Waals surface area contributed by atoms with Gasteiger partial charge < -0.3 is 20.1 Å². The van der Waals surface area contributed by atoms with Crippen LogP contribution < -0.4 is 10.6 Å². The number of piperidine rings is 1. The van der Waals surface area contributed by atoms with Gasteiger partial charge in [-0.05, 0) is 69.5 Å². The van der Waals surface area contributed by atoms with Gasteiger partial charge in [-0.15, -0.1) is 24.0 Å². The molecule has 2 N–H and O–H groups in total. The second-order valence-corrected chi connectivity index (χ2v) is 9.19. The molecule has 1 atom stereocenters. The Bertz CT molecular complexity index is 682. The predicted octanol–water partition coefficient (Wildman–Crippen LogP) is 4.57. The van der Waals surface area contributed by atoms with Crippen molar-refractivity contribution >= 4 is 29.9 Å². The lowest BCUT2D eigenvalue weighted by Gasteiger charge is -2.33. The summed E-state index contributed by atoms with van der Waals surface area (Å²) in [6, 6.07) is 9.45. The van der Waals surface area contributed by atoms with Crippen molar-refractivity contribution in [2.75, 3.05) is 46.1 Å². The fraction of sp³-hybridized carbons (Fsp3) is 0.731. The Morgan fingerprint density at radius 1 is 1.12 bits per heavy atom. The molecule has 6 nitrogen and oxygen atoms in total. The molecule has 0 spiro atoms. The van der Waals surface area contributed by atoms with E-state index in [0.29, 0.717) is 18.5 Å². The van der Waals surface area contributed by atoms with E-state index in [1.807, 2.05) is 0 Å². The molecular formula is C26H45IN4O2. The van der Waals surface area contributed by atoms with Crippen molar-refractivity contribution in [2.45, 2.75) is 71.5 Å². The van der Waals surface area contributed by atoms with Gasteiger partial charge in [-0.3, -0.25) is 4.90 Å². The molecule has 1 aromatic rings. The van der Waals surface area contributed by atoms with Gasteiger partial charge in [-0.2, -0.15) is 0 Å². The molecule has 0 bridgehead atoms. The first-order valence-corrected chi connectivity index (χ1v) is 12.7. The van der Waals surface area contributed by atoms with E-state index in [2.05, 4.69) is 53.6 Å². The van der Waals surface area contributed by atoms with Crippen LogP contribution in [0.2, 0.25) is 0 Å². The number of ether oxygens (including phenoxy) is 2. The predicted molar refractivity (Wildman–Crippen MR) is 147 cm³/mol. The summed E-state index contributed by atoms with van der Waals surface area (Å²) in [6.07, 6.45) is 7.24. The summed E-state index contributed by atoms with van der Waals surface area (Å²) in [4.78, 5) is 7.49. The molecule has 1 aromatic carbocycles. The van der Waals surface area contributed by atoms with Crippen molar-refractivity contribution in [1.82, 2.24) is 15.5 Å². The van der Waals surface area contributed by atoms with Gasteiger partial charge in [-0.25, -0.2) is 4.99 Å². The maximum atomic E-state index is 5.88. The Morgan fingerprint density at radius 3 is 2.67 bits per heavy atom. The summed E-state index contributed by atoms with van der Waals surface area (Å²) >= 11 is 0. The van der Waals surface area contributed by atoms with Crippen LogP contribution in [0, 0.1) is 5.92 Å². The number of hydrogen-bond acceptors (Lipinski definition) is 4. The molecule has 0 saturated carbocycles. The van der Waals surface area contributed by atoms with Gasteiger partial charge in [0.1, 0.15) is 0 Å². The van der Waals surface area contributed by atoms with Gasteiger partial charge in [0.15, 0.2) is 5.96 Å². The highest BCUT2D eigenvalue weighted by Crippen LogP contribution is 2.21. The van der Waals surface area contributed by atoms with Crippen molar-refractivity contribution in [3.63, 3.8) is 0 Å². The smallest absolute Gasteiger partial charge is 0.191 e. The van der Waals surface area contributed by atoms with Crippen LogP contribution >= 0.6 is 24.0 Å². The Hall–Kier alpha value is -0.900. The average molecular weight is 573 g/mol. The van der Waals surface area contributed by atoms with E-state index in [9.17, 15) is 0 Å². The molecule has 0 radical (unpaired) electrons. The standard InChI is InChI=1S/C26H44N4O2.HI/c1-3-27-26(28-14-8-16-32-21-23-12-17-31-18-13-23)29-19-24-10-4-5-11-25(24)20-30-15-7-6-9-22(30)2;/h4-5,10-11,22-23H,3,6-9,12-21H2,1-2H3,(H2,27,28,29);1H. The van der Waals surface area contributed by atoms with Crippen LogP contribution in [0.25, 0.3) is 0 Å². The molecule has 188 valence electrons. The molecular weight excluding hydrogens is 527 g/mol. The summed E-state index contributed by atoms with van der Waals surface area (Å²) < 4.78 is 11.3. The number of halogens is 1. The zero-order chi connectivity index (χ0) is 22.4. The molecule has 7 heteroatoms. The van der Waals surface area contributed by atoms with E-state index in [4.69, 9.17) is 14.5 Å². The van der Waals surface area contributed by atoms with Crippen LogP contribution in [0.4, 0.5) is 0 Å². The van der Waals surface area contributed by atoms with Crippen LogP contribution in [0.5, 0.6) is 0 Å². The summed E-state index contributed by atoms with van der Waals surface area (Å²) in [5.41, 5.74) is 2.73. The lowest BCUT2D eigenvalue weighted by Crippen LogP contribution is -2.38. The highest BCUT2D eigenvalue weighted by molar-refractivity contribution is 14.0. The molecule has 0 amide bonds. The molecule has 2 saturated heterocycles. The quantitative estimate of drug-likeness (QED) is 0.176. The van der Waals surface area contributed by atoms with Crippen LogP contribution in [0.15, 0.2) is 29.3 Å². The number of nitrogens with one attached hydrogen (secondary N) is 2. The summed E-state index contributed by atoms with van der Waals surface area (Å²) in [7, 11) is 0. The first-order valence-electron chi connectivity index (χ1n) is 12.7. The van der Waals surface area contributed by atoms with E-state index < -0.39 is 0 Å². The molecule has 0 aromatic heterocycles. The molecule has 2 fully saturated rings. The fourth-order valence-electron chi connectivity index (χ4n) is 4.53. The van der Waals surface area contributed by atoms with Crippen molar-refractivity contribution < 1.29 is 9.47 Å². The van der Waals surface area contributed by atoms with E-state index in [0.717, 1.165) is 71.3 Å². The Labute approximate surface area is 218 Å². The molecule has 3 rings (SSSR count). The summed E-state index contributed by atoms with van der Waals surface area (Å²) in [6.45, 7) is 12.6. The molecule has 2 aliphatic rings. The third kappa shape index (κ3) is 10.5. The van der Waals surface area contributed by atoms with Gasteiger partial charge >= 0.3 is 0 Å². The normalized spacial score (nSPS) is 20.3. The number of benzene rings is 1. The van der Waals surface area contributed by atoms with E-state index in [-0.39, 0.29) is 24.0 Å². The first kappa shape index (κ1) is 28.3. The third-order valence-electron chi connectivity index (χ3n) is 6.64. The minimum atomic E-state index is 0. The third-order valence-corrected chi connectivity index (χ3v) is 6.64. The van der Waals surface area contributed by atoms with Crippen LogP contribution in [0.1, 0.15) is 63.5 Å². The fourth-order valence-corrected chi connectivity index (χ4v) is 4.53. The highest BCUT2D eigenvalue weighted by atomic mass is 127. The maximum Gasteiger partial charge on any atom is 0.191 e. The summed E-state index contributed by atoms with van der Waals surface area (Å²) in [5.74, 6) is 1.56. The lowest BCUT2D eigenvalue weighted by molar-refractivity contribution is 0.0203. The SMILES string of the molecule is CCNC(=NCc1ccccc1CN1CCCCC1C)NCCCOCC1CCOCC1.I. The monoisotopic (exact) mass is 572 g/mol. The van der Waals surface area contributed by atoms with E-state index in [1.54, 1.807) is 0 Å². The van der Waals surface area contributed by atoms with Gasteiger partial charge in [0.2, 0.25) is 0 Å². The molecule has 1 unspecified atom stereocenters. The number of guanidine groups is 1. The molecule has 2 heterocycles. The molecule has 33 heavy (non-hydrogen) atoms. The second kappa shape index (κ2) is 16.7. The van der Waals surface area contributed by atoms with Crippen LogP contribution in [-0.2, 0) is 22.6 Å². The topological polar surface area (TPSA) is 58.1 Å². The van der Waals surface area contributed by atoms with Crippen molar-refractivity contribution in [2.24, 2.45) is 10.9 Å². The lowest BCUT2D eigenvalue weighted by atomic mass is 10.0.